The van der Waals surface area contributed by atoms with Crippen LogP contribution in [0.4, 0.5) is 23.5 Å². The predicted octanol–water partition coefficient (Wildman–Crippen LogP) is 3.35. The van der Waals surface area contributed by atoms with Crippen LogP contribution in [0.2, 0.25) is 0 Å². The molecule has 0 bridgehead atoms. The van der Waals surface area contributed by atoms with Crippen LogP contribution in [0.3, 0.4) is 0 Å². The number of carbonyl (C=O) groups excluding carboxylic acids is 1. The Bertz CT molecular complexity index is 1240. The molecule has 1 aromatic carbocycles. The van der Waals surface area contributed by atoms with Gasteiger partial charge < -0.3 is 9.64 Å². The van der Waals surface area contributed by atoms with Gasteiger partial charge in [-0.2, -0.15) is 18.2 Å². The van der Waals surface area contributed by atoms with E-state index in [-0.39, 0.29) is 19.0 Å². The Labute approximate surface area is 188 Å². The number of hydrogen-bond donors (Lipinski definition) is 0. The highest BCUT2D eigenvalue weighted by atomic mass is 32.1. The zero-order chi connectivity index (χ0) is 23.6. The molecule has 0 amide bonds. The molecular weight excluding hydrogens is 464 g/mol. The van der Waals surface area contributed by atoms with E-state index in [1.165, 1.54) is 24.5 Å². The lowest BCUT2D eigenvalue weighted by molar-refractivity contribution is -0.134. The number of alkyl halides is 3. The number of anilines is 1. The van der Waals surface area contributed by atoms with Gasteiger partial charge in [0.15, 0.2) is 0 Å². The summed E-state index contributed by atoms with van der Waals surface area (Å²) in [6.07, 6.45) is -2.15. The second-order valence-corrected chi connectivity index (χ2v) is 8.29. The number of carbonyl (C=O) groups is 1. The monoisotopic (exact) mass is 480 g/mol. The van der Waals surface area contributed by atoms with Crippen molar-refractivity contribution in [2.24, 2.45) is 0 Å². The maximum atomic E-state index is 13.2. The molecule has 172 valence electrons. The molecule has 0 radical (unpaired) electrons. The third kappa shape index (κ3) is 5.11. The summed E-state index contributed by atoms with van der Waals surface area (Å²) >= 11 is 0.549. The highest BCUT2D eigenvalue weighted by Crippen LogP contribution is 2.34. The smallest absolute Gasteiger partial charge is 0.425 e. The molecule has 1 atom stereocenters. The lowest BCUT2D eigenvalue weighted by Gasteiger charge is -2.31. The third-order valence-corrected chi connectivity index (χ3v) is 6.08. The average Bonchev–Trinajstić information content (AvgIpc) is 3.25. The summed E-state index contributed by atoms with van der Waals surface area (Å²) in [5.41, 5.74) is 0.696. The zero-order valence-corrected chi connectivity index (χ0v) is 17.6. The van der Waals surface area contributed by atoms with Crippen molar-refractivity contribution < 1.29 is 27.1 Å². The van der Waals surface area contributed by atoms with E-state index < -0.39 is 28.7 Å². The topological polar surface area (TPSA) is 77.3 Å². The maximum absolute atomic E-state index is 13.2. The molecule has 7 nitrogen and oxygen atoms in total. The van der Waals surface area contributed by atoms with Gasteiger partial charge in [0.2, 0.25) is 5.95 Å². The van der Waals surface area contributed by atoms with E-state index in [1.54, 1.807) is 23.1 Å². The van der Waals surface area contributed by atoms with Crippen molar-refractivity contribution >= 4 is 29.3 Å². The standard InChI is InChI=1S/C21H16F4N4O3S/c22-14-3-1-13(2-4-14)16-7-8-28(10-17(16)32-12-30)19-26-11-29(20(31)27-19)9-15-5-6-18(33-15)21(23,24)25/h1-7,11-12,17H,8-10H2. The first-order chi connectivity index (χ1) is 15.7. The Morgan fingerprint density at radius 1 is 1.18 bits per heavy atom. The lowest BCUT2D eigenvalue weighted by atomic mass is 9.97. The summed E-state index contributed by atoms with van der Waals surface area (Å²) in [6, 6.07) is 8.02. The van der Waals surface area contributed by atoms with Crippen LogP contribution >= 0.6 is 11.3 Å². The number of halogens is 4. The van der Waals surface area contributed by atoms with Crippen molar-refractivity contribution in [3.63, 3.8) is 0 Å². The molecule has 1 unspecified atom stereocenters. The molecular formula is C21H16F4N4O3S. The molecule has 0 saturated heterocycles. The second-order valence-electron chi connectivity index (χ2n) is 7.12. The number of aromatic nitrogens is 3. The van der Waals surface area contributed by atoms with E-state index in [9.17, 15) is 27.2 Å². The molecule has 3 heterocycles. The molecule has 2 aromatic heterocycles. The van der Waals surface area contributed by atoms with E-state index >= 15 is 0 Å². The molecule has 33 heavy (non-hydrogen) atoms. The van der Waals surface area contributed by atoms with Crippen molar-refractivity contribution in [2.45, 2.75) is 18.8 Å². The Kier molecular flexibility index (Phi) is 6.27. The first kappa shape index (κ1) is 22.6. The minimum atomic E-state index is -4.44. The lowest BCUT2D eigenvalue weighted by Crippen LogP contribution is -2.41. The quantitative estimate of drug-likeness (QED) is 0.398. The first-order valence-corrected chi connectivity index (χ1v) is 10.5. The van der Waals surface area contributed by atoms with E-state index in [4.69, 9.17) is 4.74 Å². The molecule has 0 saturated carbocycles. The van der Waals surface area contributed by atoms with Crippen LogP contribution in [0, 0.1) is 5.82 Å². The molecule has 12 heteroatoms. The molecule has 3 aromatic rings. The summed E-state index contributed by atoms with van der Waals surface area (Å²) in [6.45, 7) is 0.673. The van der Waals surface area contributed by atoms with Crippen LogP contribution in [0.1, 0.15) is 15.3 Å². The number of ether oxygens (including phenoxy) is 1. The molecule has 4 rings (SSSR count). The minimum Gasteiger partial charge on any atom is -0.458 e. The fourth-order valence-electron chi connectivity index (χ4n) is 3.40. The highest BCUT2D eigenvalue weighted by Gasteiger charge is 2.32. The number of benzene rings is 1. The summed E-state index contributed by atoms with van der Waals surface area (Å²) < 4.78 is 57.9. The Hall–Kier alpha value is -3.54. The summed E-state index contributed by atoms with van der Waals surface area (Å²) in [5, 5.41) is 0. The van der Waals surface area contributed by atoms with Crippen LogP contribution < -0.4 is 10.6 Å². The molecule has 1 aliphatic heterocycles. The van der Waals surface area contributed by atoms with Gasteiger partial charge >= 0.3 is 11.9 Å². The number of hydrogen-bond acceptors (Lipinski definition) is 7. The van der Waals surface area contributed by atoms with Gasteiger partial charge in [-0.15, -0.1) is 11.3 Å². The normalized spacial score (nSPS) is 16.4. The zero-order valence-electron chi connectivity index (χ0n) is 16.8. The number of nitrogens with zero attached hydrogens (tertiary/aromatic N) is 4. The van der Waals surface area contributed by atoms with E-state index in [0.29, 0.717) is 40.4 Å². The van der Waals surface area contributed by atoms with Gasteiger partial charge in [0.05, 0.1) is 13.1 Å². The SMILES string of the molecule is O=COC1CN(c2ncn(Cc3ccc(C(F)(F)F)s3)c(=O)n2)CC=C1c1ccc(F)cc1. The van der Waals surface area contributed by atoms with Gasteiger partial charge in [-0.3, -0.25) is 9.36 Å². The number of thiophene rings is 1. The summed E-state index contributed by atoms with van der Waals surface area (Å²) in [7, 11) is 0. The van der Waals surface area contributed by atoms with Crippen LogP contribution in [-0.2, 0) is 22.3 Å². The molecule has 0 spiro atoms. The van der Waals surface area contributed by atoms with Crippen molar-refractivity contribution in [1.82, 2.24) is 14.5 Å². The first-order valence-electron chi connectivity index (χ1n) is 9.64. The average molecular weight is 480 g/mol. The molecule has 0 N–H and O–H groups in total. The van der Waals surface area contributed by atoms with E-state index in [1.807, 2.05) is 0 Å². The Morgan fingerprint density at radius 2 is 1.94 bits per heavy atom. The van der Waals surface area contributed by atoms with Crippen LogP contribution in [0.5, 0.6) is 0 Å². The highest BCUT2D eigenvalue weighted by molar-refractivity contribution is 7.12. The van der Waals surface area contributed by atoms with Gasteiger partial charge in [0.25, 0.3) is 6.47 Å². The predicted molar refractivity (Wildman–Crippen MR) is 112 cm³/mol. The largest absolute Gasteiger partial charge is 0.458 e. The Balaban J connectivity index is 1.53. The van der Waals surface area contributed by atoms with Crippen molar-refractivity contribution in [3.8, 4) is 0 Å². The van der Waals surface area contributed by atoms with Gasteiger partial charge in [-0.25, -0.2) is 14.2 Å². The number of rotatable bonds is 6. The van der Waals surface area contributed by atoms with Crippen molar-refractivity contribution in [3.05, 3.63) is 80.4 Å². The Morgan fingerprint density at radius 3 is 2.58 bits per heavy atom. The van der Waals surface area contributed by atoms with E-state index in [2.05, 4.69) is 9.97 Å². The van der Waals surface area contributed by atoms with Crippen molar-refractivity contribution in [2.75, 3.05) is 18.0 Å². The van der Waals surface area contributed by atoms with E-state index in [0.717, 1.165) is 10.6 Å². The maximum Gasteiger partial charge on any atom is 0.425 e. The van der Waals surface area contributed by atoms with Gasteiger partial charge in [0.1, 0.15) is 23.1 Å². The fraction of sp³-hybridized carbons (Fsp3) is 0.238. The van der Waals surface area contributed by atoms with Gasteiger partial charge in [-0.1, -0.05) is 18.2 Å². The van der Waals surface area contributed by atoms with Crippen LogP contribution in [0.15, 0.2) is 53.6 Å². The molecule has 1 aliphatic rings. The van der Waals surface area contributed by atoms with Crippen LogP contribution in [0.25, 0.3) is 5.57 Å². The van der Waals surface area contributed by atoms with Gasteiger partial charge in [-0.05, 0) is 35.4 Å². The van der Waals surface area contributed by atoms with Crippen molar-refractivity contribution in [1.29, 1.82) is 0 Å². The molecule has 0 aliphatic carbocycles. The molecule has 0 fully saturated rings. The fourth-order valence-corrected chi connectivity index (χ4v) is 4.27. The second kappa shape index (κ2) is 9.14. The summed E-state index contributed by atoms with van der Waals surface area (Å²) in [4.78, 5) is 32.8. The summed E-state index contributed by atoms with van der Waals surface area (Å²) in [5.74, 6) is -0.303. The minimum absolute atomic E-state index is 0.0901. The van der Waals surface area contributed by atoms with Crippen LogP contribution in [-0.4, -0.2) is 40.2 Å². The van der Waals surface area contributed by atoms with Gasteiger partial charge in [0, 0.05) is 11.4 Å². The third-order valence-electron chi connectivity index (χ3n) is 4.97.